The minimum Gasteiger partial charge on any atom is -0.492 e. The first-order chi connectivity index (χ1) is 8.27. The fourth-order valence-corrected chi connectivity index (χ4v) is 1.43. The van der Waals surface area contributed by atoms with Crippen molar-refractivity contribution in [3.8, 4) is 11.8 Å². The van der Waals surface area contributed by atoms with Crippen LogP contribution < -0.4 is 10.1 Å². The lowest BCUT2D eigenvalue weighted by Crippen LogP contribution is -2.14. The molecule has 0 amide bonds. The Morgan fingerprint density at radius 3 is 3.00 bits per heavy atom. The number of aromatic nitrogens is 1. The number of nitrogens with zero attached hydrogens (tertiary/aromatic N) is 2. The standard InChI is InChI=1S/C13H19N3O/c1-3-15-10-12-13(7-6-11(2)16-12)17-9-5-4-8-14/h6-7,15H,3-5,9-10H2,1-2H3. The van der Waals surface area contributed by atoms with Crippen LogP contribution in [0.4, 0.5) is 0 Å². The number of hydrogen-bond donors (Lipinski definition) is 1. The van der Waals surface area contributed by atoms with Crippen molar-refractivity contribution < 1.29 is 4.74 Å². The summed E-state index contributed by atoms with van der Waals surface area (Å²) in [4.78, 5) is 4.46. The van der Waals surface area contributed by atoms with Crippen molar-refractivity contribution in [2.24, 2.45) is 0 Å². The summed E-state index contributed by atoms with van der Waals surface area (Å²) in [6.07, 6.45) is 1.28. The topological polar surface area (TPSA) is 57.9 Å². The van der Waals surface area contributed by atoms with Gasteiger partial charge in [-0.25, -0.2) is 0 Å². The van der Waals surface area contributed by atoms with Crippen LogP contribution in [0.3, 0.4) is 0 Å². The molecule has 1 heterocycles. The van der Waals surface area contributed by atoms with E-state index in [9.17, 15) is 0 Å². The molecule has 0 fully saturated rings. The molecule has 92 valence electrons. The van der Waals surface area contributed by atoms with E-state index in [0.29, 0.717) is 19.6 Å². The van der Waals surface area contributed by atoms with Crippen LogP contribution in [0.5, 0.6) is 5.75 Å². The zero-order valence-corrected chi connectivity index (χ0v) is 10.5. The molecule has 0 spiro atoms. The van der Waals surface area contributed by atoms with Crippen molar-refractivity contribution in [2.45, 2.75) is 33.2 Å². The van der Waals surface area contributed by atoms with Crippen molar-refractivity contribution in [1.29, 1.82) is 5.26 Å². The predicted octanol–water partition coefficient (Wildman–Crippen LogP) is 2.18. The van der Waals surface area contributed by atoms with Crippen molar-refractivity contribution in [2.75, 3.05) is 13.2 Å². The Balaban J connectivity index is 2.59. The van der Waals surface area contributed by atoms with Gasteiger partial charge in [-0.15, -0.1) is 0 Å². The summed E-state index contributed by atoms with van der Waals surface area (Å²) < 4.78 is 5.64. The van der Waals surface area contributed by atoms with Gasteiger partial charge in [-0.05, 0) is 32.0 Å². The van der Waals surface area contributed by atoms with Crippen LogP contribution in [0, 0.1) is 18.3 Å². The van der Waals surface area contributed by atoms with E-state index in [4.69, 9.17) is 10.00 Å². The molecule has 1 rings (SSSR count). The minimum atomic E-state index is 0.530. The smallest absolute Gasteiger partial charge is 0.142 e. The van der Waals surface area contributed by atoms with Gasteiger partial charge >= 0.3 is 0 Å². The molecule has 0 unspecified atom stereocenters. The highest BCUT2D eigenvalue weighted by atomic mass is 16.5. The van der Waals surface area contributed by atoms with Crippen molar-refractivity contribution >= 4 is 0 Å². The van der Waals surface area contributed by atoms with Crippen LogP contribution in [0.1, 0.15) is 31.2 Å². The third kappa shape index (κ3) is 4.83. The molecule has 0 aliphatic heterocycles. The minimum absolute atomic E-state index is 0.530. The second kappa shape index (κ2) is 7.64. The second-order valence-electron chi connectivity index (χ2n) is 3.79. The number of pyridine rings is 1. The van der Waals surface area contributed by atoms with E-state index in [-0.39, 0.29) is 0 Å². The zero-order chi connectivity index (χ0) is 12.5. The Bertz CT molecular complexity index is 385. The molecule has 1 aromatic rings. The molecule has 4 heteroatoms. The quantitative estimate of drug-likeness (QED) is 0.733. The average Bonchev–Trinajstić information content (AvgIpc) is 2.34. The number of unbranched alkanes of at least 4 members (excludes halogenated alkanes) is 1. The first-order valence-corrected chi connectivity index (χ1v) is 5.95. The number of nitrogens with one attached hydrogen (secondary N) is 1. The number of rotatable bonds is 7. The van der Waals surface area contributed by atoms with E-state index in [1.54, 1.807) is 0 Å². The SMILES string of the molecule is CCNCc1nc(C)ccc1OCCCC#N. The highest BCUT2D eigenvalue weighted by Crippen LogP contribution is 2.17. The van der Waals surface area contributed by atoms with Crippen LogP contribution in [-0.2, 0) is 6.54 Å². The Morgan fingerprint density at radius 2 is 2.29 bits per heavy atom. The summed E-state index contributed by atoms with van der Waals surface area (Å²) >= 11 is 0. The second-order valence-corrected chi connectivity index (χ2v) is 3.79. The average molecular weight is 233 g/mol. The van der Waals surface area contributed by atoms with Crippen LogP contribution >= 0.6 is 0 Å². The lowest BCUT2D eigenvalue weighted by atomic mass is 10.2. The molecule has 1 aromatic heterocycles. The van der Waals surface area contributed by atoms with E-state index in [0.717, 1.165) is 30.1 Å². The number of ether oxygens (including phenoxy) is 1. The maximum atomic E-state index is 8.44. The molecule has 0 saturated heterocycles. The molecule has 0 aromatic carbocycles. The fourth-order valence-electron chi connectivity index (χ4n) is 1.43. The Labute approximate surface area is 103 Å². The van der Waals surface area contributed by atoms with Crippen LogP contribution in [0.25, 0.3) is 0 Å². The van der Waals surface area contributed by atoms with E-state index in [2.05, 4.69) is 23.3 Å². The summed E-state index contributed by atoms with van der Waals surface area (Å²) in [6, 6.07) is 5.99. The summed E-state index contributed by atoms with van der Waals surface area (Å²) in [5, 5.41) is 11.7. The van der Waals surface area contributed by atoms with Gasteiger partial charge in [0.15, 0.2) is 0 Å². The monoisotopic (exact) mass is 233 g/mol. The van der Waals surface area contributed by atoms with E-state index in [1.807, 2.05) is 19.1 Å². The lowest BCUT2D eigenvalue weighted by molar-refractivity contribution is 0.307. The molecule has 0 aliphatic rings. The molecule has 17 heavy (non-hydrogen) atoms. The summed E-state index contributed by atoms with van der Waals surface area (Å²) in [7, 11) is 0. The number of nitriles is 1. The number of aryl methyl sites for hydroxylation is 1. The number of hydrogen-bond acceptors (Lipinski definition) is 4. The lowest BCUT2D eigenvalue weighted by Gasteiger charge is -2.11. The van der Waals surface area contributed by atoms with Gasteiger partial charge in [0.1, 0.15) is 5.75 Å². The van der Waals surface area contributed by atoms with E-state index in [1.165, 1.54) is 0 Å². The maximum Gasteiger partial charge on any atom is 0.142 e. The van der Waals surface area contributed by atoms with Gasteiger partial charge in [0.2, 0.25) is 0 Å². The van der Waals surface area contributed by atoms with Crippen molar-refractivity contribution in [3.63, 3.8) is 0 Å². The van der Waals surface area contributed by atoms with Gasteiger partial charge in [0, 0.05) is 18.7 Å². The maximum absolute atomic E-state index is 8.44. The Morgan fingerprint density at radius 1 is 1.47 bits per heavy atom. The summed E-state index contributed by atoms with van der Waals surface area (Å²) in [6.45, 7) is 6.21. The van der Waals surface area contributed by atoms with Crippen molar-refractivity contribution in [1.82, 2.24) is 10.3 Å². The molecule has 0 radical (unpaired) electrons. The Hall–Kier alpha value is -1.60. The first-order valence-electron chi connectivity index (χ1n) is 5.95. The van der Waals surface area contributed by atoms with Gasteiger partial charge in [-0.1, -0.05) is 6.92 Å². The molecule has 0 atom stereocenters. The molecular formula is C13H19N3O. The predicted molar refractivity (Wildman–Crippen MR) is 66.7 cm³/mol. The Kier molecular flexibility index (Phi) is 6.05. The largest absolute Gasteiger partial charge is 0.492 e. The van der Waals surface area contributed by atoms with Crippen molar-refractivity contribution in [3.05, 3.63) is 23.5 Å². The van der Waals surface area contributed by atoms with E-state index >= 15 is 0 Å². The van der Waals surface area contributed by atoms with Crippen LogP contribution in [0.2, 0.25) is 0 Å². The van der Waals surface area contributed by atoms with Gasteiger partial charge in [0.25, 0.3) is 0 Å². The zero-order valence-electron chi connectivity index (χ0n) is 10.5. The molecular weight excluding hydrogens is 214 g/mol. The highest BCUT2D eigenvalue weighted by molar-refractivity contribution is 5.29. The summed E-state index contributed by atoms with van der Waals surface area (Å²) in [5.74, 6) is 0.814. The van der Waals surface area contributed by atoms with E-state index < -0.39 is 0 Å². The highest BCUT2D eigenvalue weighted by Gasteiger charge is 2.05. The third-order valence-corrected chi connectivity index (χ3v) is 2.30. The molecule has 0 aliphatic carbocycles. The van der Waals surface area contributed by atoms with Gasteiger partial charge in [-0.2, -0.15) is 5.26 Å². The first kappa shape index (κ1) is 13.5. The van der Waals surface area contributed by atoms with Crippen LogP contribution in [-0.4, -0.2) is 18.1 Å². The normalized spacial score (nSPS) is 9.94. The molecule has 0 bridgehead atoms. The van der Waals surface area contributed by atoms with Crippen LogP contribution in [0.15, 0.2) is 12.1 Å². The molecule has 4 nitrogen and oxygen atoms in total. The fraction of sp³-hybridized carbons (Fsp3) is 0.538. The van der Waals surface area contributed by atoms with Gasteiger partial charge in [-0.3, -0.25) is 4.98 Å². The summed E-state index contributed by atoms with van der Waals surface area (Å²) in [5.41, 5.74) is 1.92. The van der Waals surface area contributed by atoms with Gasteiger partial charge in [0.05, 0.1) is 18.4 Å². The molecule has 1 N–H and O–H groups in total. The third-order valence-electron chi connectivity index (χ3n) is 2.30. The molecule has 0 saturated carbocycles. The van der Waals surface area contributed by atoms with Gasteiger partial charge < -0.3 is 10.1 Å².